The molecule has 2 aromatic heterocycles. The van der Waals surface area contributed by atoms with Gasteiger partial charge < -0.3 is 0 Å². The molecule has 2 aromatic rings. The summed E-state index contributed by atoms with van der Waals surface area (Å²) in [5, 5.41) is 2.46. The second kappa shape index (κ2) is 4.90. The zero-order valence-electron chi connectivity index (χ0n) is 8.01. The molecule has 2 rings (SSSR count). The van der Waals surface area contributed by atoms with Crippen LogP contribution in [-0.2, 0) is 0 Å². The normalized spacial score (nSPS) is 10.8. The van der Waals surface area contributed by atoms with Crippen molar-refractivity contribution in [3.05, 3.63) is 40.0 Å². The van der Waals surface area contributed by atoms with E-state index in [1.807, 2.05) is 18.4 Å². The Hall–Kier alpha value is 0.320. The highest BCUT2D eigenvalue weighted by molar-refractivity contribution is 9.13. The molecule has 0 aliphatic rings. The number of hydrogen-bond acceptors (Lipinski definition) is 3. The number of halogens is 3. The Bertz CT molecular complexity index is 540. The minimum Gasteiger partial charge on any atom is -0.287 e. The molecular weight excluding hydrogens is 396 g/mol. The highest BCUT2D eigenvalue weighted by atomic mass is 79.9. The standard InChI is InChI=1S/C10H5Br2ClOS2/c1-4-3-15-9(7(4)13)8(14)6-2-5(11)10(12)16-6/h2-3H,1H3. The van der Waals surface area contributed by atoms with Crippen LogP contribution >= 0.6 is 66.1 Å². The second-order valence-electron chi connectivity index (χ2n) is 3.12. The van der Waals surface area contributed by atoms with E-state index >= 15 is 0 Å². The molecule has 0 saturated carbocycles. The molecule has 1 nitrogen and oxygen atoms in total. The lowest BCUT2D eigenvalue weighted by atomic mass is 10.2. The maximum Gasteiger partial charge on any atom is 0.214 e. The van der Waals surface area contributed by atoms with Crippen molar-refractivity contribution >= 4 is 71.9 Å². The van der Waals surface area contributed by atoms with Gasteiger partial charge in [0.15, 0.2) is 0 Å². The minimum absolute atomic E-state index is 0.0144. The van der Waals surface area contributed by atoms with E-state index in [4.69, 9.17) is 11.6 Å². The predicted molar refractivity (Wildman–Crippen MR) is 77.2 cm³/mol. The average Bonchev–Trinajstić information content (AvgIpc) is 2.73. The SMILES string of the molecule is Cc1csc(C(=O)c2cc(Br)c(Br)s2)c1Cl. The van der Waals surface area contributed by atoms with Gasteiger partial charge in [-0.1, -0.05) is 11.6 Å². The van der Waals surface area contributed by atoms with E-state index < -0.39 is 0 Å². The summed E-state index contributed by atoms with van der Waals surface area (Å²) in [6, 6.07) is 1.81. The van der Waals surface area contributed by atoms with Crippen LogP contribution < -0.4 is 0 Å². The molecule has 0 unspecified atom stereocenters. The van der Waals surface area contributed by atoms with Crippen molar-refractivity contribution in [3.63, 3.8) is 0 Å². The molecule has 6 heteroatoms. The molecular formula is C10H5Br2ClOS2. The van der Waals surface area contributed by atoms with Crippen molar-refractivity contribution in [1.82, 2.24) is 0 Å². The molecule has 84 valence electrons. The van der Waals surface area contributed by atoms with E-state index in [-0.39, 0.29) is 5.78 Å². The Balaban J connectivity index is 2.43. The number of carbonyl (C=O) groups excluding carboxylic acids is 1. The van der Waals surface area contributed by atoms with E-state index in [9.17, 15) is 4.79 Å². The summed E-state index contributed by atoms with van der Waals surface area (Å²) in [6.45, 7) is 1.90. The van der Waals surface area contributed by atoms with Gasteiger partial charge in [0.2, 0.25) is 5.78 Å². The van der Waals surface area contributed by atoms with Crippen LogP contribution in [0, 0.1) is 6.92 Å². The monoisotopic (exact) mass is 398 g/mol. The average molecular weight is 401 g/mol. The molecule has 2 heterocycles. The number of rotatable bonds is 2. The lowest BCUT2D eigenvalue weighted by molar-refractivity contribution is 0.104. The van der Waals surface area contributed by atoms with Gasteiger partial charge in [-0.15, -0.1) is 22.7 Å². The lowest BCUT2D eigenvalue weighted by Gasteiger charge is -1.94. The maximum absolute atomic E-state index is 12.1. The predicted octanol–water partition coefficient (Wildman–Crippen LogP) is 5.53. The van der Waals surface area contributed by atoms with Gasteiger partial charge in [-0.25, -0.2) is 0 Å². The molecule has 0 aliphatic heterocycles. The first-order valence-corrected chi connectivity index (χ1v) is 7.90. The van der Waals surface area contributed by atoms with Crippen molar-refractivity contribution in [2.24, 2.45) is 0 Å². The molecule has 0 fully saturated rings. The van der Waals surface area contributed by atoms with Crippen LogP contribution in [0.1, 0.15) is 20.1 Å². The summed E-state index contributed by atoms with van der Waals surface area (Å²) in [7, 11) is 0. The van der Waals surface area contributed by atoms with E-state index in [1.165, 1.54) is 22.7 Å². The van der Waals surface area contributed by atoms with Gasteiger partial charge >= 0.3 is 0 Å². The molecule has 0 aliphatic carbocycles. The molecule has 0 amide bonds. The molecule has 0 spiro atoms. The van der Waals surface area contributed by atoms with E-state index in [0.29, 0.717) is 14.8 Å². The fourth-order valence-electron chi connectivity index (χ4n) is 1.15. The van der Waals surface area contributed by atoms with Crippen LogP contribution in [0.25, 0.3) is 0 Å². The zero-order valence-corrected chi connectivity index (χ0v) is 13.6. The third-order valence-electron chi connectivity index (χ3n) is 1.97. The highest BCUT2D eigenvalue weighted by Crippen LogP contribution is 2.36. The van der Waals surface area contributed by atoms with Gasteiger partial charge in [0.05, 0.1) is 18.6 Å². The molecule has 0 saturated heterocycles. The van der Waals surface area contributed by atoms with Crippen LogP contribution in [0.3, 0.4) is 0 Å². The van der Waals surface area contributed by atoms with Crippen molar-refractivity contribution in [2.45, 2.75) is 6.92 Å². The van der Waals surface area contributed by atoms with Crippen molar-refractivity contribution in [1.29, 1.82) is 0 Å². The van der Waals surface area contributed by atoms with Gasteiger partial charge in [-0.2, -0.15) is 0 Å². The summed E-state index contributed by atoms with van der Waals surface area (Å²) in [5.41, 5.74) is 0.949. The van der Waals surface area contributed by atoms with Crippen molar-refractivity contribution < 1.29 is 4.79 Å². The van der Waals surface area contributed by atoms with Crippen LogP contribution in [0.5, 0.6) is 0 Å². The van der Waals surface area contributed by atoms with Gasteiger partial charge in [-0.05, 0) is 55.8 Å². The van der Waals surface area contributed by atoms with Crippen LogP contribution in [0.15, 0.2) is 19.7 Å². The highest BCUT2D eigenvalue weighted by Gasteiger charge is 2.19. The Kier molecular flexibility index (Phi) is 3.91. The third kappa shape index (κ3) is 2.29. The summed E-state index contributed by atoms with van der Waals surface area (Å²) < 4.78 is 1.81. The van der Waals surface area contributed by atoms with Crippen LogP contribution in [-0.4, -0.2) is 5.78 Å². The van der Waals surface area contributed by atoms with Crippen molar-refractivity contribution in [2.75, 3.05) is 0 Å². The number of thiophene rings is 2. The van der Waals surface area contributed by atoms with Crippen molar-refractivity contribution in [3.8, 4) is 0 Å². The first kappa shape index (κ1) is 12.8. The van der Waals surface area contributed by atoms with Gasteiger partial charge in [0.25, 0.3) is 0 Å². The van der Waals surface area contributed by atoms with Gasteiger partial charge in [0, 0.05) is 4.47 Å². The molecule has 0 aromatic carbocycles. The van der Waals surface area contributed by atoms with E-state index in [0.717, 1.165) is 13.8 Å². The Morgan fingerprint density at radius 2 is 2.12 bits per heavy atom. The molecule has 0 radical (unpaired) electrons. The first-order valence-electron chi connectivity index (χ1n) is 4.24. The molecule has 16 heavy (non-hydrogen) atoms. The molecule has 0 atom stereocenters. The Labute approximate surface area is 123 Å². The smallest absolute Gasteiger partial charge is 0.214 e. The number of hydrogen-bond donors (Lipinski definition) is 0. The summed E-state index contributed by atoms with van der Waals surface area (Å²) in [4.78, 5) is 13.4. The lowest BCUT2D eigenvalue weighted by Crippen LogP contribution is -1.95. The largest absolute Gasteiger partial charge is 0.287 e. The minimum atomic E-state index is -0.0144. The maximum atomic E-state index is 12.1. The topological polar surface area (TPSA) is 17.1 Å². The van der Waals surface area contributed by atoms with Crippen LogP contribution in [0.4, 0.5) is 0 Å². The fourth-order valence-corrected chi connectivity index (χ4v) is 4.43. The zero-order chi connectivity index (χ0) is 11.9. The summed E-state index contributed by atoms with van der Waals surface area (Å²) in [5.74, 6) is -0.0144. The van der Waals surface area contributed by atoms with Gasteiger partial charge in [0.1, 0.15) is 0 Å². The summed E-state index contributed by atoms with van der Waals surface area (Å²) in [6.07, 6.45) is 0. The molecule has 0 N–H and O–H groups in total. The van der Waals surface area contributed by atoms with E-state index in [2.05, 4.69) is 31.9 Å². The Morgan fingerprint density at radius 3 is 2.56 bits per heavy atom. The number of ketones is 1. The fraction of sp³-hybridized carbons (Fsp3) is 0.100. The number of aryl methyl sites for hydroxylation is 1. The number of carbonyl (C=O) groups is 1. The quantitative estimate of drug-likeness (QED) is 0.606. The second-order valence-corrected chi connectivity index (χ2v) is 7.61. The Morgan fingerprint density at radius 1 is 1.44 bits per heavy atom. The van der Waals surface area contributed by atoms with Gasteiger partial charge in [-0.3, -0.25) is 4.79 Å². The van der Waals surface area contributed by atoms with Crippen LogP contribution in [0.2, 0.25) is 5.02 Å². The van der Waals surface area contributed by atoms with E-state index in [1.54, 1.807) is 0 Å². The molecule has 0 bridgehead atoms. The summed E-state index contributed by atoms with van der Waals surface area (Å²) >= 11 is 15.6. The first-order chi connectivity index (χ1) is 7.50. The third-order valence-corrected chi connectivity index (χ3v) is 6.93.